The minimum absolute atomic E-state index is 0.0778. The Morgan fingerprint density at radius 2 is 1.78 bits per heavy atom. The van der Waals surface area contributed by atoms with Crippen LogP contribution in [-0.4, -0.2) is 10.0 Å². The Balaban J connectivity index is 2.39. The van der Waals surface area contributed by atoms with E-state index >= 15 is 0 Å². The van der Waals surface area contributed by atoms with Gasteiger partial charge in [-0.15, -0.1) is 0 Å². The van der Waals surface area contributed by atoms with Gasteiger partial charge in [-0.2, -0.15) is 0 Å². The molecule has 0 atom stereocenters. The van der Waals surface area contributed by atoms with Crippen LogP contribution in [0.15, 0.2) is 45.6 Å². The zero-order valence-corrected chi connectivity index (χ0v) is 12.8. The minimum Gasteiger partial charge on any atom is -0.508 e. The molecule has 0 amide bonds. The number of phenols is 1. The largest absolute Gasteiger partial charge is 0.508 e. The summed E-state index contributed by atoms with van der Waals surface area (Å²) >= 11 is 12.0. The van der Waals surface area contributed by atoms with E-state index < -0.39 is 10.5 Å². The number of fused-ring (bicyclic) bond motifs is 1. The predicted molar refractivity (Wildman–Crippen MR) is 86.3 cm³/mol. The fourth-order valence-electron chi connectivity index (χ4n) is 2.26. The highest BCUT2D eigenvalue weighted by Gasteiger charge is 2.19. The third-order valence-corrected chi connectivity index (χ3v) is 3.87. The quantitative estimate of drug-likeness (QED) is 0.420. The minimum atomic E-state index is -0.674. The van der Waals surface area contributed by atoms with Gasteiger partial charge >= 0.3 is 5.63 Å². The summed E-state index contributed by atoms with van der Waals surface area (Å²) in [5.74, 6) is -0.0778. The Labute approximate surface area is 138 Å². The number of aromatic hydroxyl groups is 1. The zero-order chi connectivity index (χ0) is 16.7. The van der Waals surface area contributed by atoms with Crippen LogP contribution in [0.3, 0.4) is 0 Å². The third kappa shape index (κ3) is 2.74. The molecule has 116 valence electrons. The van der Waals surface area contributed by atoms with E-state index in [0.29, 0.717) is 10.9 Å². The summed E-state index contributed by atoms with van der Waals surface area (Å²) in [5, 5.41) is 21.1. The maximum Gasteiger partial charge on any atom is 0.336 e. The van der Waals surface area contributed by atoms with Crippen molar-refractivity contribution in [2.75, 3.05) is 0 Å². The van der Waals surface area contributed by atoms with Gasteiger partial charge in [-0.05, 0) is 18.2 Å². The lowest BCUT2D eigenvalue weighted by molar-refractivity contribution is -0.384. The number of nitrogens with zero attached hydrogens (tertiary/aromatic N) is 1. The second-order valence-electron chi connectivity index (χ2n) is 4.70. The Bertz CT molecular complexity index is 1010. The highest BCUT2D eigenvalue weighted by atomic mass is 35.5. The van der Waals surface area contributed by atoms with E-state index in [1.807, 2.05) is 0 Å². The lowest BCUT2D eigenvalue weighted by Gasteiger charge is -2.08. The van der Waals surface area contributed by atoms with Crippen LogP contribution in [-0.2, 0) is 0 Å². The molecule has 0 aliphatic heterocycles. The fraction of sp³-hybridized carbons (Fsp3) is 0. The molecule has 1 heterocycles. The lowest BCUT2D eigenvalue weighted by atomic mass is 10.0. The first-order valence-corrected chi connectivity index (χ1v) is 7.03. The zero-order valence-electron chi connectivity index (χ0n) is 11.2. The maximum atomic E-state index is 11.7. The van der Waals surface area contributed by atoms with Crippen molar-refractivity contribution in [2.45, 2.75) is 0 Å². The number of phenolic OH excluding ortho intramolecular Hbond substituents is 1. The first-order valence-electron chi connectivity index (χ1n) is 6.27. The van der Waals surface area contributed by atoms with Crippen molar-refractivity contribution < 1.29 is 14.4 Å². The summed E-state index contributed by atoms with van der Waals surface area (Å²) in [6.45, 7) is 0. The van der Waals surface area contributed by atoms with E-state index in [9.17, 15) is 20.0 Å². The molecule has 0 saturated carbocycles. The Kier molecular flexibility index (Phi) is 3.71. The maximum absolute atomic E-state index is 11.7. The van der Waals surface area contributed by atoms with E-state index in [1.165, 1.54) is 36.4 Å². The topological polar surface area (TPSA) is 93.6 Å². The van der Waals surface area contributed by atoms with E-state index in [1.54, 1.807) is 0 Å². The van der Waals surface area contributed by atoms with Gasteiger partial charge in [0.05, 0.1) is 9.95 Å². The van der Waals surface area contributed by atoms with Gasteiger partial charge in [-0.25, -0.2) is 4.79 Å². The summed E-state index contributed by atoms with van der Waals surface area (Å²) in [4.78, 5) is 22.2. The van der Waals surface area contributed by atoms with E-state index in [4.69, 9.17) is 27.6 Å². The average molecular weight is 352 g/mol. The summed E-state index contributed by atoms with van der Waals surface area (Å²) < 4.78 is 5.03. The SMILES string of the molecule is O=c1cc(-c2cc([N+](=O)[O-])c(Cl)cc2Cl)c2ccc(O)cc2o1. The molecule has 8 heteroatoms. The molecule has 0 aliphatic rings. The van der Waals surface area contributed by atoms with E-state index in [0.717, 1.165) is 0 Å². The normalized spacial score (nSPS) is 10.9. The van der Waals surface area contributed by atoms with Crippen molar-refractivity contribution in [3.05, 3.63) is 67.0 Å². The third-order valence-electron chi connectivity index (χ3n) is 3.25. The molecular weight excluding hydrogens is 345 g/mol. The highest BCUT2D eigenvalue weighted by molar-refractivity contribution is 6.37. The molecule has 3 rings (SSSR count). The van der Waals surface area contributed by atoms with Crippen LogP contribution in [0.5, 0.6) is 5.75 Å². The molecule has 0 radical (unpaired) electrons. The highest BCUT2D eigenvalue weighted by Crippen LogP contribution is 2.39. The predicted octanol–water partition coefficient (Wildman–Crippen LogP) is 4.38. The fourth-order valence-corrected chi connectivity index (χ4v) is 2.81. The van der Waals surface area contributed by atoms with Crippen LogP contribution in [0.4, 0.5) is 5.69 Å². The summed E-state index contributed by atoms with van der Waals surface area (Å²) in [7, 11) is 0. The van der Waals surface area contributed by atoms with Crippen molar-refractivity contribution in [1.82, 2.24) is 0 Å². The van der Waals surface area contributed by atoms with Gasteiger partial charge in [0.1, 0.15) is 16.4 Å². The van der Waals surface area contributed by atoms with Crippen LogP contribution in [0, 0.1) is 10.1 Å². The number of benzene rings is 2. The standard InChI is InChI=1S/C15H7Cl2NO5/c16-11-6-12(17)13(18(21)22)4-10(11)9-5-15(20)23-14-3-7(19)1-2-8(9)14/h1-6,19H. The summed E-state index contributed by atoms with van der Waals surface area (Å²) in [5.41, 5.74) is -0.244. The van der Waals surface area contributed by atoms with Crippen molar-refractivity contribution in [1.29, 1.82) is 0 Å². The van der Waals surface area contributed by atoms with Gasteiger partial charge in [0.2, 0.25) is 0 Å². The van der Waals surface area contributed by atoms with Gasteiger partial charge in [-0.3, -0.25) is 10.1 Å². The number of nitro groups is 1. The molecule has 2 aromatic carbocycles. The van der Waals surface area contributed by atoms with Crippen LogP contribution < -0.4 is 5.63 Å². The molecule has 0 aliphatic carbocycles. The molecule has 1 N–H and O–H groups in total. The monoisotopic (exact) mass is 351 g/mol. The van der Waals surface area contributed by atoms with Crippen molar-refractivity contribution in [3.63, 3.8) is 0 Å². The van der Waals surface area contributed by atoms with Crippen molar-refractivity contribution in [2.24, 2.45) is 0 Å². The Morgan fingerprint density at radius 1 is 1.04 bits per heavy atom. The van der Waals surface area contributed by atoms with E-state index in [2.05, 4.69) is 0 Å². The Morgan fingerprint density at radius 3 is 2.48 bits per heavy atom. The molecule has 0 unspecified atom stereocenters. The summed E-state index contributed by atoms with van der Waals surface area (Å²) in [6.07, 6.45) is 0. The van der Waals surface area contributed by atoms with Crippen LogP contribution >= 0.6 is 23.2 Å². The van der Waals surface area contributed by atoms with Crippen molar-refractivity contribution >= 4 is 39.9 Å². The number of nitro benzene ring substituents is 1. The molecule has 23 heavy (non-hydrogen) atoms. The van der Waals surface area contributed by atoms with Gasteiger partial charge in [0.25, 0.3) is 5.69 Å². The molecule has 0 spiro atoms. The number of hydrogen-bond acceptors (Lipinski definition) is 5. The smallest absolute Gasteiger partial charge is 0.336 e. The average Bonchev–Trinajstić information content (AvgIpc) is 2.45. The molecule has 6 nitrogen and oxygen atoms in total. The molecule has 1 aromatic heterocycles. The second-order valence-corrected chi connectivity index (χ2v) is 5.51. The van der Waals surface area contributed by atoms with Crippen LogP contribution in [0.1, 0.15) is 0 Å². The lowest BCUT2D eigenvalue weighted by Crippen LogP contribution is -1.99. The van der Waals surface area contributed by atoms with Gasteiger partial charge in [0.15, 0.2) is 0 Å². The molecular formula is C15H7Cl2NO5. The van der Waals surface area contributed by atoms with Gasteiger partial charge in [0, 0.05) is 34.7 Å². The molecule has 0 bridgehead atoms. The number of hydrogen-bond donors (Lipinski definition) is 1. The van der Waals surface area contributed by atoms with Gasteiger partial charge < -0.3 is 9.52 Å². The van der Waals surface area contributed by atoms with Crippen LogP contribution in [0.25, 0.3) is 22.1 Å². The van der Waals surface area contributed by atoms with Gasteiger partial charge in [-0.1, -0.05) is 23.2 Å². The van der Waals surface area contributed by atoms with Crippen LogP contribution in [0.2, 0.25) is 10.0 Å². The first-order chi connectivity index (χ1) is 10.9. The number of rotatable bonds is 2. The second kappa shape index (κ2) is 5.57. The molecule has 3 aromatic rings. The number of halogens is 2. The van der Waals surface area contributed by atoms with Crippen molar-refractivity contribution in [3.8, 4) is 16.9 Å². The Hall–Kier alpha value is -2.57. The molecule has 0 saturated heterocycles. The summed E-state index contributed by atoms with van der Waals surface area (Å²) in [6, 6.07) is 7.84. The first kappa shape index (κ1) is 15.3. The van der Waals surface area contributed by atoms with E-state index in [-0.39, 0.29) is 32.6 Å². The molecule has 0 fully saturated rings.